The van der Waals surface area contributed by atoms with E-state index < -0.39 is 11.7 Å². The predicted molar refractivity (Wildman–Crippen MR) is 58.1 cm³/mol. The normalized spacial score (nSPS) is 11.6. The molecule has 0 aliphatic rings. The molecule has 1 rings (SSSR count). The van der Waals surface area contributed by atoms with Gasteiger partial charge in [0.25, 0.3) is 0 Å². The fourth-order valence-electron chi connectivity index (χ4n) is 1.44. The summed E-state index contributed by atoms with van der Waals surface area (Å²) in [7, 11) is 0. The number of hydrogen-bond donors (Lipinski definition) is 1. The third-order valence-corrected chi connectivity index (χ3v) is 2.20. The standard InChI is InChI=1S/C12H13FN2O/c1-2-15-12(16)7-9(8-14)10-5-3-4-6-11(10)13/h3-6,9H,2,7H2,1H3,(H,15,16). The van der Waals surface area contributed by atoms with Gasteiger partial charge in [-0.25, -0.2) is 4.39 Å². The number of halogens is 1. The molecule has 1 atom stereocenters. The van der Waals surface area contributed by atoms with Crippen molar-refractivity contribution >= 4 is 5.91 Å². The summed E-state index contributed by atoms with van der Waals surface area (Å²) in [6.45, 7) is 2.30. The zero-order valence-electron chi connectivity index (χ0n) is 9.03. The van der Waals surface area contributed by atoms with E-state index in [1.165, 1.54) is 12.1 Å². The molecule has 1 aromatic rings. The smallest absolute Gasteiger partial charge is 0.221 e. The van der Waals surface area contributed by atoms with E-state index in [1.807, 2.05) is 6.07 Å². The minimum atomic E-state index is -0.729. The first-order valence-corrected chi connectivity index (χ1v) is 5.09. The number of carbonyl (C=O) groups is 1. The van der Waals surface area contributed by atoms with Gasteiger partial charge in [0.05, 0.1) is 12.0 Å². The molecule has 4 heteroatoms. The second-order valence-corrected chi connectivity index (χ2v) is 3.36. The quantitative estimate of drug-likeness (QED) is 0.843. The maximum absolute atomic E-state index is 13.4. The average Bonchev–Trinajstić information content (AvgIpc) is 2.27. The van der Waals surface area contributed by atoms with Crippen LogP contribution in [0.3, 0.4) is 0 Å². The monoisotopic (exact) mass is 220 g/mol. The van der Waals surface area contributed by atoms with Crippen molar-refractivity contribution in [3.63, 3.8) is 0 Å². The highest BCUT2D eigenvalue weighted by molar-refractivity contribution is 5.77. The van der Waals surface area contributed by atoms with Crippen molar-refractivity contribution in [1.82, 2.24) is 5.32 Å². The van der Waals surface area contributed by atoms with Crippen LogP contribution in [0.4, 0.5) is 4.39 Å². The van der Waals surface area contributed by atoms with Gasteiger partial charge in [-0.15, -0.1) is 0 Å². The van der Waals surface area contributed by atoms with E-state index in [4.69, 9.17) is 5.26 Å². The van der Waals surface area contributed by atoms with Crippen molar-refractivity contribution in [2.45, 2.75) is 19.3 Å². The van der Waals surface area contributed by atoms with Crippen molar-refractivity contribution in [1.29, 1.82) is 5.26 Å². The number of nitriles is 1. The second-order valence-electron chi connectivity index (χ2n) is 3.36. The van der Waals surface area contributed by atoms with Crippen LogP contribution in [0.25, 0.3) is 0 Å². The van der Waals surface area contributed by atoms with E-state index in [2.05, 4.69) is 5.32 Å². The molecule has 1 amide bonds. The number of carbonyl (C=O) groups excluding carboxylic acids is 1. The van der Waals surface area contributed by atoms with Gasteiger partial charge in [0.1, 0.15) is 5.82 Å². The Balaban J connectivity index is 2.80. The molecule has 16 heavy (non-hydrogen) atoms. The summed E-state index contributed by atoms with van der Waals surface area (Å²) in [4.78, 5) is 11.3. The minimum Gasteiger partial charge on any atom is -0.356 e. The molecule has 3 nitrogen and oxygen atoms in total. The Kier molecular flexibility index (Phi) is 4.46. The van der Waals surface area contributed by atoms with Gasteiger partial charge in [-0.05, 0) is 13.0 Å². The number of benzene rings is 1. The summed E-state index contributed by atoms with van der Waals surface area (Å²) in [5.41, 5.74) is 0.274. The number of rotatable bonds is 4. The zero-order valence-corrected chi connectivity index (χ0v) is 9.03. The highest BCUT2D eigenvalue weighted by Crippen LogP contribution is 2.21. The SMILES string of the molecule is CCNC(=O)CC(C#N)c1ccccc1F. The first-order chi connectivity index (χ1) is 7.69. The highest BCUT2D eigenvalue weighted by Gasteiger charge is 2.17. The predicted octanol–water partition coefficient (Wildman–Crippen LogP) is 1.96. The molecule has 84 valence electrons. The molecule has 0 spiro atoms. The maximum atomic E-state index is 13.4. The first-order valence-electron chi connectivity index (χ1n) is 5.09. The highest BCUT2D eigenvalue weighted by atomic mass is 19.1. The van der Waals surface area contributed by atoms with Gasteiger partial charge in [-0.3, -0.25) is 4.79 Å². The fraction of sp³-hybridized carbons (Fsp3) is 0.333. The van der Waals surface area contributed by atoms with Crippen LogP contribution < -0.4 is 5.32 Å². The van der Waals surface area contributed by atoms with Crippen molar-refractivity contribution < 1.29 is 9.18 Å². The Bertz CT molecular complexity index is 412. The van der Waals surface area contributed by atoms with Crippen molar-refractivity contribution in [3.05, 3.63) is 35.6 Å². The van der Waals surface area contributed by atoms with Crippen molar-refractivity contribution in [3.8, 4) is 6.07 Å². The minimum absolute atomic E-state index is 0.00866. The van der Waals surface area contributed by atoms with E-state index >= 15 is 0 Å². The number of nitrogens with one attached hydrogen (secondary N) is 1. The van der Waals surface area contributed by atoms with Crippen molar-refractivity contribution in [2.24, 2.45) is 0 Å². The lowest BCUT2D eigenvalue weighted by Crippen LogP contribution is -2.24. The lowest BCUT2D eigenvalue weighted by molar-refractivity contribution is -0.121. The van der Waals surface area contributed by atoms with E-state index in [0.717, 1.165) is 0 Å². The Morgan fingerprint density at radius 1 is 1.56 bits per heavy atom. The largest absolute Gasteiger partial charge is 0.356 e. The van der Waals surface area contributed by atoms with Crippen LogP contribution in [-0.4, -0.2) is 12.5 Å². The molecular weight excluding hydrogens is 207 g/mol. The van der Waals surface area contributed by atoms with Crippen LogP contribution in [0.2, 0.25) is 0 Å². The van der Waals surface area contributed by atoms with Gasteiger partial charge in [-0.1, -0.05) is 18.2 Å². The molecule has 1 aromatic carbocycles. The summed E-state index contributed by atoms with van der Waals surface area (Å²) in [6.07, 6.45) is -0.00866. The topological polar surface area (TPSA) is 52.9 Å². The van der Waals surface area contributed by atoms with E-state index in [1.54, 1.807) is 19.1 Å². The van der Waals surface area contributed by atoms with Crippen LogP contribution >= 0.6 is 0 Å². The molecule has 0 saturated heterocycles. The third-order valence-electron chi connectivity index (χ3n) is 2.20. The van der Waals surface area contributed by atoms with E-state index in [9.17, 15) is 9.18 Å². The van der Waals surface area contributed by atoms with Crippen LogP contribution in [0.15, 0.2) is 24.3 Å². The molecule has 0 aliphatic carbocycles. The summed E-state index contributed by atoms with van der Waals surface area (Å²) in [5.74, 6) is -1.41. The molecule has 0 aromatic heterocycles. The lowest BCUT2D eigenvalue weighted by Gasteiger charge is -2.09. The van der Waals surface area contributed by atoms with Crippen LogP contribution in [0.1, 0.15) is 24.8 Å². The van der Waals surface area contributed by atoms with Crippen LogP contribution in [0, 0.1) is 17.1 Å². The van der Waals surface area contributed by atoms with Crippen molar-refractivity contribution in [2.75, 3.05) is 6.54 Å². The molecular formula is C12H13FN2O. The lowest BCUT2D eigenvalue weighted by atomic mass is 9.96. The van der Waals surface area contributed by atoms with Crippen LogP contribution in [0.5, 0.6) is 0 Å². The van der Waals surface area contributed by atoms with Gasteiger partial charge < -0.3 is 5.32 Å². The number of nitrogens with zero attached hydrogens (tertiary/aromatic N) is 1. The molecule has 0 saturated carbocycles. The van der Waals surface area contributed by atoms with E-state index in [-0.39, 0.29) is 17.9 Å². The van der Waals surface area contributed by atoms with Gasteiger partial charge in [-0.2, -0.15) is 5.26 Å². The molecule has 0 bridgehead atoms. The molecule has 1 unspecified atom stereocenters. The summed E-state index contributed by atoms with van der Waals surface area (Å²) < 4.78 is 13.4. The average molecular weight is 220 g/mol. The van der Waals surface area contributed by atoms with Gasteiger partial charge >= 0.3 is 0 Å². The second kappa shape index (κ2) is 5.86. The molecule has 0 heterocycles. The van der Waals surface area contributed by atoms with Crippen LogP contribution in [-0.2, 0) is 4.79 Å². The summed E-state index contributed by atoms with van der Waals surface area (Å²) >= 11 is 0. The van der Waals surface area contributed by atoms with E-state index in [0.29, 0.717) is 6.54 Å². The van der Waals surface area contributed by atoms with Gasteiger partial charge in [0.15, 0.2) is 0 Å². The Morgan fingerprint density at radius 3 is 2.81 bits per heavy atom. The zero-order chi connectivity index (χ0) is 12.0. The number of amides is 1. The Morgan fingerprint density at radius 2 is 2.25 bits per heavy atom. The molecule has 0 fully saturated rings. The third kappa shape index (κ3) is 3.06. The van der Waals surface area contributed by atoms with Gasteiger partial charge in [0, 0.05) is 18.5 Å². The molecule has 1 N–H and O–H groups in total. The Labute approximate surface area is 93.9 Å². The fourth-order valence-corrected chi connectivity index (χ4v) is 1.44. The molecule has 0 aliphatic heterocycles. The van der Waals surface area contributed by atoms with Gasteiger partial charge in [0.2, 0.25) is 5.91 Å². The summed E-state index contributed by atoms with van der Waals surface area (Å²) in [5, 5.41) is 11.5. The summed E-state index contributed by atoms with van der Waals surface area (Å²) in [6, 6.07) is 7.98. The molecule has 0 radical (unpaired) electrons. The Hall–Kier alpha value is -1.89. The first kappa shape index (κ1) is 12.2. The number of hydrogen-bond acceptors (Lipinski definition) is 2. The maximum Gasteiger partial charge on any atom is 0.221 e.